The summed E-state index contributed by atoms with van der Waals surface area (Å²) in [7, 11) is 0. The quantitative estimate of drug-likeness (QED) is 0.542. The summed E-state index contributed by atoms with van der Waals surface area (Å²) in [5.41, 5.74) is 7.42. The number of benzene rings is 1. The molecular formula is C13H21N3O. The van der Waals surface area contributed by atoms with Gasteiger partial charge in [-0.2, -0.15) is 0 Å². The van der Waals surface area contributed by atoms with Crippen molar-refractivity contribution in [1.82, 2.24) is 10.6 Å². The van der Waals surface area contributed by atoms with Crippen LogP contribution in [0.15, 0.2) is 24.3 Å². The van der Waals surface area contributed by atoms with Gasteiger partial charge in [-0.15, -0.1) is 0 Å². The summed E-state index contributed by atoms with van der Waals surface area (Å²) in [5.74, 6) is 0. The zero-order valence-electron chi connectivity index (χ0n) is 10.5. The van der Waals surface area contributed by atoms with Crippen LogP contribution in [0.1, 0.15) is 38.3 Å². The first-order chi connectivity index (χ1) is 8.13. The third-order valence-corrected chi connectivity index (χ3v) is 2.57. The van der Waals surface area contributed by atoms with Crippen molar-refractivity contribution in [1.29, 1.82) is 0 Å². The normalized spacial score (nSPS) is 11.9. The van der Waals surface area contributed by atoms with Gasteiger partial charge in [-0.05, 0) is 31.0 Å². The maximum atomic E-state index is 11.5. The summed E-state index contributed by atoms with van der Waals surface area (Å²) in [6.07, 6.45) is 2.07. The zero-order chi connectivity index (χ0) is 12.7. The summed E-state index contributed by atoms with van der Waals surface area (Å²) < 4.78 is 0. The number of nitrogens with one attached hydrogen (secondary N) is 2. The third-order valence-electron chi connectivity index (χ3n) is 2.57. The molecule has 94 valence electrons. The second kappa shape index (κ2) is 6.78. The Kier molecular flexibility index (Phi) is 5.33. The molecule has 1 aromatic carbocycles. The number of urea groups is 1. The Morgan fingerprint density at radius 3 is 2.88 bits per heavy atom. The van der Waals surface area contributed by atoms with E-state index in [1.807, 2.05) is 31.2 Å². The van der Waals surface area contributed by atoms with Gasteiger partial charge in [0.15, 0.2) is 0 Å². The number of hydrogen-bond donors (Lipinski definition) is 3. The van der Waals surface area contributed by atoms with Crippen molar-refractivity contribution in [2.75, 3.05) is 12.3 Å². The molecule has 1 aromatic rings. The van der Waals surface area contributed by atoms with E-state index in [2.05, 4.69) is 17.6 Å². The minimum Gasteiger partial charge on any atom is -0.399 e. The Morgan fingerprint density at radius 2 is 2.24 bits per heavy atom. The van der Waals surface area contributed by atoms with Crippen LogP contribution in [0.5, 0.6) is 0 Å². The molecule has 0 fully saturated rings. The fraction of sp³-hybridized carbons (Fsp3) is 0.462. The molecule has 4 N–H and O–H groups in total. The Labute approximate surface area is 103 Å². The van der Waals surface area contributed by atoms with Crippen molar-refractivity contribution in [3.63, 3.8) is 0 Å². The van der Waals surface area contributed by atoms with Crippen LogP contribution >= 0.6 is 0 Å². The number of carbonyl (C=O) groups is 1. The lowest BCUT2D eigenvalue weighted by Crippen LogP contribution is -2.37. The highest BCUT2D eigenvalue weighted by atomic mass is 16.2. The summed E-state index contributed by atoms with van der Waals surface area (Å²) in [5, 5.41) is 5.69. The first-order valence-electron chi connectivity index (χ1n) is 6.03. The summed E-state index contributed by atoms with van der Waals surface area (Å²) in [6, 6.07) is 7.37. The molecule has 0 aliphatic carbocycles. The van der Waals surface area contributed by atoms with Crippen LogP contribution in [-0.4, -0.2) is 12.6 Å². The number of anilines is 1. The standard InChI is InChI=1S/C13H21N3O/c1-3-4-8-15-13(17)16-10(2)11-6-5-7-12(14)9-11/h5-7,9-10H,3-4,8,14H2,1-2H3,(H2,15,16,17). The highest BCUT2D eigenvalue weighted by molar-refractivity contribution is 5.74. The van der Waals surface area contributed by atoms with Crippen molar-refractivity contribution in [3.8, 4) is 0 Å². The van der Waals surface area contributed by atoms with Crippen molar-refractivity contribution in [2.24, 2.45) is 0 Å². The van der Waals surface area contributed by atoms with Gasteiger partial charge in [-0.3, -0.25) is 0 Å². The molecule has 0 aliphatic heterocycles. The highest BCUT2D eigenvalue weighted by Gasteiger charge is 2.08. The van der Waals surface area contributed by atoms with Gasteiger partial charge < -0.3 is 16.4 Å². The van der Waals surface area contributed by atoms with E-state index in [1.165, 1.54) is 0 Å². The van der Waals surface area contributed by atoms with E-state index in [1.54, 1.807) is 0 Å². The molecule has 4 heteroatoms. The van der Waals surface area contributed by atoms with Gasteiger partial charge in [-0.1, -0.05) is 25.5 Å². The number of nitrogens with two attached hydrogens (primary N) is 1. The lowest BCUT2D eigenvalue weighted by atomic mass is 10.1. The average Bonchev–Trinajstić information content (AvgIpc) is 2.29. The fourth-order valence-corrected chi connectivity index (χ4v) is 1.54. The van der Waals surface area contributed by atoms with E-state index in [-0.39, 0.29) is 12.1 Å². The molecule has 2 amide bonds. The maximum absolute atomic E-state index is 11.5. The van der Waals surface area contributed by atoms with Crippen molar-refractivity contribution in [2.45, 2.75) is 32.7 Å². The molecule has 0 saturated carbocycles. The predicted molar refractivity (Wildman–Crippen MR) is 70.7 cm³/mol. The second-order valence-corrected chi connectivity index (χ2v) is 4.15. The van der Waals surface area contributed by atoms with E-state index in [4.69, 9.17) is 5.73 Å². The van der Waals surface area contributed by atoms with E-state index < -0.39 is 0 Å². The number of carbonyl (C=O) groups excluding carboxylic acids is 1. The molecule has 0 aromatic heterocycles. The van der Waals surface area contributed by atoms with Crippen LogP contribution in [0.25, 0.3) is 0 Å². The molecule has 0 spiro atoms. The van der Waals surface area contributed by atoms with Crippen LogP contribution in [0.3, 0.4) is 0 Å². The Balaban J connectivity index is 2.43. The van der Waals surface area contributed by atoms with Gasteiger partial charge in [0.25, 0.3) is 0 Å². The van der Waals surface area contributed by atoms with Gasteiger partial charge in [0, 0.05) is 12.2 Å². The molecule has 0 radical (unpaired) electrons. The molecule has 0 aliphatic rings. The molecule has 4 nitrogen and oxygen atoms in total. The number of hydrogen-bond acceptors (Lipinski definition) is 2. The first-order valence-corrected chi connectivity index (χ1v) is 6.03. The molecule has 0 saturated heterocycles. The van der Waals surface area contributed by atoms with E-state index in [0.29, 0.717) is 12.2 Å². The molecule has 1 unspecified atom stereocenters. The molecule has 1 atom stereocenters. The Morgan fingerprint density at radius 1 is 1.47 bits per heavy atom. The van der Waals surface area contributed by atoms with Crippen LogP contribution in [0, 0.1) is 0 Å². The summed E-state index contributed by atoms with van der Waals surface area (Å²) >= 11 is 0. The Bertz CT molecular complexity index is 365. The molecular weight excluding hydrogens is 214 g/mol. The van der Waals surface area contributed by atoms with Crippen LogP contribution in [0.2, 0.25) is 0 Å². The minimum atomic E-state index is -0.131. The van der Waals surface area contributed by atoms with Gasteiger partial charge in [-0.25, -0.2) is 4.79 Å². The zero-order valence-corrected chi connectivity index (χ0v) is 10.5. The SMILES string of the molecule is CCCCNC(=O)NC(C)c1cccc(N)c1. The van der Waals surface area contributed by atoms with E-state index in [9.17, 15) is 4.79 Å². The van der Waals surface area contributed by atoms with Crippen LogP contribution in [0.4, 0.5) is 10.5 Å². The number of nitrogen functional groups attached to an aromatic ring is 1. The number of unbranched alkanes of at least 4 members (excludes halogenated alkanes) is 1. The molecule has 1 rings (SSSR count). The Hall–Kier alpha value is -1.71. The fourth-order valence-electron chi connectivity index (χ4n) is 1.54. The second-order valence-electron chi connectivity index (χ2n) is 4.15. The maximum Gasteiger partial charge on any atom is 0.315 e. The summed E-state index contributed by atoms with van der Waals surface area (Å²) in [6.45, 7) is 4.75. The number of amides is 2. The van der Waals surface area contributed by atoms with Crippen LogP contribution < -0.4 is 16.4 Å². The first kappa shape index (κ1) is 13.4. The van der Waals surface area contributed by atoms with E-state index >= 15 is 0 Å². The lowest BCUT2D eigenvalue weighted by molar-refractivity contribution is 0.238. The van der Waals surface area contributed by atoms with Gasteiger partial charge in [0.1, 0.15) is 0 Å². The summed E-state index contributed by atoms with van der Waals surface area (Å²) in [4.78, 5) is 11.5. The number of rotatable bonds is 5. The van der Waals surface area contributed by atoms with Crippen molar-refractivity contribution >= 4 is 11.7 Å². The monoisotopic (exact) mass is 235 g/mol. The highest BCUT2D eigenvalue weighted by Crippen LogP contribution is 2.14. The largest absolute Gasteiger partial charge is 0.399 e. The van der Waals surface area contributed by atoms with Gasteiger partial charge in [0.05, 0.1) is 6.04 Å². The molecule has 17 heavy (non-hydrogen) atoms. The topological polar surface area (TPSA) is 67.2 Å². The van der Waals surface area contributed by atoms with Gasteiger partial charge >= 0.3 is 6.03 Å². The molecule has 0 heterocycles. The lowest BCUT2D eigenvalue weighted by Gasteiger charge is -2.15. The molecule has 0 bridgehead atoms. The van der Waals surface area contributed by atoms with Gasteiger partial charge in [0.2, 0.25) is 0 Å². The van der Waals surface area contributed by atoms with Crippen molar-refractivity contribution < 1.29 is 4.79 Å². The average molecular weight is 235 g/mol. The van der Waals surface area contributed by atoms with E-state index in [0.717, 1.165) is 18.4 Å². The minimum absolute atomic E-state index is 0.0415. The van der Waals surface area contributed by atoms with Crippen molar-refractivity contribution in [3.05, 3.63) is 29.8 Å². The smallest absolute Gasteiger partial charge is 0.315 e. The van der Waals surface area contributed by atoms with Crippen LogP contribution in [-0.2, 0) is 0 Å². The third kappa shape index (κ3) is 4.76. The predicted octanol–water partition coefficient (Wildman–Crippen LogP) is 2.43.